The summed E-state index contributed by atoms with van der Waals surface area (Å²) >= 11 is 0. The molecule has 90 valence electrons. The molecule has 17 heavy (non-hydrogen) atoms. The first-order valence-electron chi connectivity index (χ1n) is 5.36. The third-order valence-electron chi connectivity index (χ3n) is 2.60. The summed E-state index contributed by atoms with van der Waals surface area (Å²) in [5, 5.41) is 10.4. The van der Waals surface area contributed by atoms with Crippen LogP contribution in [0.5, 0.6) is 0 Å². The minimum Gasteiger partial charge on any atom is -0.369 e. The predicted octanol–water partition coefficient (Wildman–Crippen LogP) is 1.03. The van der Waals surface area contributed by atoms with Crippen LogP contribution < -0.4 is 5.73 Å². The predicted molar refractivity (Wildman–Crippen MR) is 63.0 cm³/mol. The number of hydrogen-bond donors (Lipinski definition) is 1. The van der Waals surface area contributed by atoms with E-state index in [0.717, 1.165) is 25.9 Å². The number of aliphatic imine (C=N–C) groups is 1. The second-order valence-electron chi connectivity index (χ2n) is 3.80. The van der Waals surface area contributed by atoms with Crippen molar-refractivity contribution in [3.05, 3.63) is 28.4 Å². The van der Waals surface area contributed by atoms with Gasteiger partial charge in [-0.3, -0.25) is 10.1 Å². The van der Waals surface area contributed by atoms with Gasteiger partial charge in [0.05, 0.1) is 4.92 Å². The molecule has 1 aromatic rings. The van der Waals surface area contributed by atoms with Gasteiger partial charge >= 0.3 is 0 Å². The number of aromatic nitrogens is 1. The van der Waals surface area contributed by atoms with E-state index in [1.165, 1.54) is 18.3 Å². The number of hydrogen-bond acceptors (Lipinski definition) is 4. The van der Waals surface area contributed by atoms with Gasteiger partial charge in [0.15, 0.2) is 11.8 Å². The van der Waals surface area contributed by atoms with Gasteiger partial charge in [-0.15, -0.1) is 0 Å². The number of pyridine rings is 1. The van der Waals surface area contributed by atoms with Gasteiger partial charge in [-0.2, -0.15) is 4.99 Å². The van der Waals surface area contributed by atoms with Gasteiger partial charge < -0.3 is 10.6 Å². The van der Waals surface area contributed by atoms with Crippen molar-refractivity contribution in [1.29, 1.82) is 0 Å². The zero-order valence-electron chi connectivity index (χ0n) is 9.24. The Kier molecular flexibility index (Phi) is 3.17. The molecule has 2 heterocycles. The molecule has 2 rings (SSSR count). The summed E-state index contributed by atoms with van der Waals surface area (Å²) in [5.41, 5.74) is 5.76. The van der Waals surface area contributed by atoms with Gasteiger partial charge in [0, 0.05) is 19.2 Å². The molecule has 0 atom stereocenters. The van der Waals surface area contributed by atoms with Crippen LogP contribution in [0.3, 0.4) is 0 Å². The number of likely N-dealkylation sites (tertiary alicyclic amines) is 1. The molecule has 0 unspecified atom stereocenters. The monoisotopic (exact) mass is 235 g/mol. The molecule has 0 aliphatic carbocycles. The van der Waals surface area contributed by atoms with E-state index in [1.54, 1.807) is 0 Å². The molecule has 1 fully saturated rings. The van der Waals surface area contributed by atoms with Crippen molar-refractivity contribution in [3.63, 3.8) is 0 Å². The summed E-state index contributed by atoms with van der Waals surface area (Å²) in [6, 6.07) is 2.85. The smallest absolute Gasteiger partial charge is 0.287 e. The molecule has 1 aliphatic rings. The Morgan fingerprint density at radius 1 is 1.47 bits per heavy atom. The van der Waals surface area contributed by atoms with Crippen molar-refractivity contribution in [2.75, 3.05) is 13.1 Å². The van der Waals surface area contributed by atoms with Crippen molar-refractivity contribution in [3.8, 4) is 0 Å². The fourth-order valence-corrected chi connectivity index (χ4v) is 1.69. The SMILES string of the molecule is NC(=Nc1ccc([N+](=O)[O-])cn1)N1CCCC1. The van der Waals surface area contributed by atoms with Crippen LogP contribution in [0, 0.1) is 10.1 Å². The fourth-order valence-electron chi connectivity index (χ4n) is 1.69. The summed E-state index contributed by atoms with van der Waals surface area (Å²) in [5.74, 6) is 0.809. The van der Waals surface area contributed by atoms with Crippen LogP contribution >= 0.6 is 0 Å². The number of nitrogens with two attached hydrogens (primary N) is 1. The number of guanidine groups is 1. The van der Waals surface area contributed by atoms with Crippen LogP contribution in [0.2, 0.25) is 0 Å². The molecule has 1 aliphatic heterocycles. The summed E-state index contributed by atoms with van der Waals surface area (Å²) in [4.78, 5) is 19.9. The molecule has 1 saturated heterocycles. The third-order valence-corrected chi connectivity index (χ3v) is 2.60. The van der Waals surface area contributed by atoms with Crippen molar-refractivity contribution in [1.82, 2.24) is 9.88 Å². The van der Waals surface area contributed by atoms with Gasteiger partial charge in [-0.25, -0.2) is 4.98 Å². The number of rotatable bonds is 2. The van der Waals surface area contributed by atoms with Crippen molar-refractivity contribution in [2.45, 2.75) is 12.8 Å². The molecule has 0 amide bonds. The topological polar surface area (TPSA) is 97.6 Å². The van der Waals surface area contributed by atoms with E-state index in [4.69, 9.17) is 5.73 Å². The second kappa shape index (κ2) is 4.77. The Balaban J connectivity index is 2.11. The van der Waals surface area contributed by atoms with E-state index in [2.05, 4.69) is 9.98 Å². The van der Waals surface area contributed by atoms with Crippen LogP contribution in [0.25, 0.3) is 0 Å². The highest BCUT2D eigenvalue weighted by Gasteiger charge is 2.13. The highest BCUT2D eigenvalue weighted by atomic mass is 16.6. The maximum Gasteiger partial charge on any atom is 0.287 e. The van der Waals surface area contributed by atoms with Crippen LogP contribution in [0.1, 0.15) is 12.8 Å². The molecule has 0 bridgehead atoms. The van der Waals surface area contributed by atoms with E-state index in [1.807, 2.05) is 4.90 Å². The van der Waals surface area contributed by atoms with E-state index in [0.29, 0.717) is 11.8 Å². The Hall–Kier alpha value is -2.18. The lowest BCUT2D eigenvalue weighted by atomic mass is 10.4. The molecular weight excluding hydrogens is 222 g/mol. The zero-order chi connectivity index (χ0) is 12.3. The normalized spacial score (nSPS) is 16.2. The Bertz CT molecular complexity index is 437. The highest BCUT2D eigenvalue weighted by Crippen LogP contribution is 2.15. The lowest BCUT2D eigenvalue weighted by Gasteiger charge is -2.15. The summed E-state index contributed by atoms with van der Waals surface area (Å²) in [6.45, 7) is 1.81. The molecule has 0 radical (unpaired) electrons. The maximum atomic E-state index is 10.4. The minimum absolute atomic E-state index is 0.0521. The van der Waals surface area contributed by atoms with E-state index < -0.39 is 4.92 Å². The average molecular weight is 235 g/mol. The van der Waals surface area contributed by atoms with Crippen molar-refractivity contribution >= 4 is 17.5 Å². The lowest BCUT2D eigenvalue weighted by Crippen LogP contribution is -2.34. The Morgan fingerprint density at radius 3 is 2.71 bits per heavy atom. The number of nitro groups is 1. The first kappa shape index (κ1) is 11.3. The van der Waals surface area contributed by atoms with Crippen molar-refractivity contribution in [2.24, 2.45) is 10.7 Å². The van der Waals surface area contributed by atoms with Gasteiger partial charge in [0.25, 0.3) is 5.69 Å². The van der Waals surface area contributed by atoms with E-state index >= 15 is 0 Å². The van der Waals surface area contributed by atoms with Gasteiger partial charge in [0.1, 0.15) is 6.20 Å². The highest BCUT2D eigenvalue weighted by molar-refractivity contribution is 5.80. The third kappa shape index (κ3) is 2.68. The molecule has 7 nitrogen and oxygen atoms in total. The molecule has 7 heteroatoms. The molecule has 2 N–H and O–H groups in total. The maximum absolute atomic E-state index is 10.4. The van der Waals surface area contributed by atoms with Crippen LogP contribution in [0.15, 0.2) is 23.3 Å². The molecule has 0 spiro atoms. The molecule has 0 saturated carbocycles. The molecule has 1 aromatic heterocycles. The summed E-state index contributed by atoms with van der Waals surface area (Å²) in [7, 11) is 0. The first-order valence-corrected chi connectivity index (χ1v) is 5.36. The minimum atomic E-state index is -0.496. The van der Waals surface area contributed by atoms with Crippen LogP contribution in [-0.4, -0.2) is 33.9 Å². The van der Waals surface area contributed by atoms with Gasteiger partial charge in [-0.05, 0) is 18.9 Å². The lowest BCUT2D eigenvalue weighted by molar-refractivity contribution is -0.385. The largest absolute Gasteiger partial charge is 0.369 e. The Morgan fingerprint density at radius 2 is 2.18 bits per heavy atom. The quantitative estimate of drug-likeness (QED) is 0.357. The fraction of sp³-hybridized carbons (Fsp3) is 0.400. The first-order chi connectivity index (χ1) is 8.16. The second-order valence-corrected chi connectivity index (χ2v) is 3.80. The van der Waals surface area contributed by atoms with Gasteiger partial charge in [0.2, 0.25) is 0 Å². The van der Waals surface area contributed by atoms with Crippen LogP contribution in [-0.2, 0) is 0 Å². The zero-order valence-corrected chi connectivity index (χ0v) is 9.24. The number of nitrogens with zero attached hydrogens (tertiary/aromatic N) is 4. The Labute approximate surface area is 98.1 Å². The van der Waals surface area contributed by atoms with E-state index in [9.17, 15) is 10.1 Å². The molecule has 0 aromatic carbocycles. The molecular formula is C10H13N5O2. The van der Waals surface area contributed by atoms with E-state index in [-0.39, 0.29) is 5.69 Å². The van der Waals surface area contributed by atoms with Gasteiger partial charge in [-0.1, -0.05) is 0 Å². The summed E-state index contributed by atoms with van der Waals surface area (Å²) in [6.07, 6.45) is 3.41. The standard InChI is InChI=1S/C10H13N5O2/c11-10(14-5-1-2-6-14)13-9-4-3-8(7-12-9)15(16)17/h3-4,7H,1-2,5-6H2,(H2,11,12,13). The average Bonchev–Trinajstić information content (AvgIpc) is 2.83. The van der Waals surface area contributed by atoms with Crippen molar-refractivity contribution < 1.29 is 4.92 Å². The van der Waals surface area contributed by atoms with Crippen LogP contribution in [0.4, 0.5) is 11.5 Å². The summed E-state index contributed by atoms with van der Waals surface area (Å²) < 4.78 is 0.